The minimum absolute atomic E-state index is 0.00462. The number of rotatable bonds is 8. The van der Waals surface area contributed by atoms with Gasteiger partial charge in [0, 0.05) is 51.5 Å². The number of nitrogens with zero attached hydrogens (tertiary/aromatic N) is 3. The highest BCUT2D eigenvalue weighted by atomic mass is 19.4. The van der Waals surface area contributed by atoms with Gasteiger partial charge in [0.1, 0.15) is 0 Å². The van der Waals surface area contributed by atoms with Crippen molar-refractivity contribution < 1.29 is 13.2 Å². The molecule has 1 unspecified atom stereocenters. The van der Waals surface area contributed by atoms with Gasteiger partial charge in [-0.25, -0.2) is 0 Å². The number of hydrogen-bond donors (Lipinski definition) is 2. The maximum absolute atomic E-state index is 12.5. The van der Waals surface area contributed by atoms with Crippen LogP contribution in [0.25, 0.3) is 0 Å². The Kier molecular flexibility index (Phi) is 8.22. The average molecular weight is 385 g/mol. The molecule has 0 aliphatic carbocycles. The molecule has 152 valence electrons. The quantitative estimate of drug-likeness (QED) is 0.410. The zero-order chi connectivity index (χ0) is 19.7. The number of nitrogens with one attached hydrogen (secondary N) is 2. The number of hydrogen-bond acceptors (Lipinski definition) is 3. The van der Waals surface area contributed by atoms with Crippen molar-refractivity contribution in [3.63, 3.8) is 0 Å². The highest BCUT2D eigenvalue weighted by Gasteiger charge is 2.34. The van der Waals surface area contributed by atoms with Crippen LogP contribution in [0.5, 0.6) is 0 Å². The van der Waals surface area contributed by atoms with E-state index in [1.165, 1.54) is 10.6 Å². The number of alkyl halides is 3. The molecule has 8 heteroatoms. The fraction of sp³-hybridized carbons (Fsp3) is 0.632. The zero-order valence-corrected chi connectivity index (χ0v) is 16.1. The first kappa shape index (κ1) is 21.3. The van der Waals surface area contributed by atoms with Gasteiger partial charge in [-0.05, 0) is 31.9 Å². The fourth-order valence-corrected chi connectivity index (χ4v) is 3.32. The minimum atomic E-state index is -4.14. The van der Waals surface area contributed by atoms with Crippen molar-refractivity contribution >= 4 is 11.6 Å². The molecule has 1 aliphatic heterocycles. The smallest absolute Gasteiger partial charge is 0.372 e. The van der Waals surface area contributed by atoms with E-state index >= 15 is 0 Å². The van der Waals surface area contributed by atoms with Crippen molar-refractivity contribution in [3.05, 3.63) is 30.3 Å². The summed E-state index contributed by atoms with van der Waals surface area (Å²) in [6.45, 7) is 4.75. The lowest BCUT2D eigenvalue weighted by Gasteiger charge is -2.23. The third-order valence-electron chi connectivity index (χ3n) is 4.64. The van der Waals surface area contributed by atoms with Crippen LogP contribution in [-0.4, -0.2) is 69.4 Å². The third kappa shape index (κ3) is 7.66. The molecule has 0 spiro atoms. The molecule has 5 nitrogen and oxygen atoms in total. The van der Waals surface area contributed by atoms with Gasteiger partial charge in [0.2, 0.25) is 0 Å². The van der Waals surface area contributed by atoms with Crippen molar-refractivity contribution in [2.75, 3.05) is 51.2 Å². The number of benzene rings is 1. The molecule has 1 saturated heterocycles. The molecule has 0 saturated carbocycles. The van der Waals surface area contributed by atoms with Gasteiger partial charge in [-0.15, -0.1) is 0 Å². The van der Waals surface area contributed by atoms with E-state index in [2.05, 4.69) is 39.6 Å². The van der Waals surface area contributed by atoms with Gasteiger partial charge in [-0.1, -0.05) is 18.2 Å². The second-order valence-electron chi connectivity index (χ2n) is 6.75. The molecule has 1 aromatic carbocycles. The largest absolute Gasteiger partial charge is 0.401 e. The molecule has 27 heavy (non-hydrogen) atoms. The van der Waals surface area contributed by atoms with Crippen LogP contribution in [0.2, 0.25) is 0 Å². The number of aliphatic imine (C=N–C) groups is 1. The van der Waals surface area contributed by atoms with Crippen LogP contribution in [0.15, 0.2) is 35.3 Å². The second kappa shape index (κ2) is 10.4. The number of halogens is 3. The Balaban J connectivity index is 1.69. The van der Waals surface area contributed by atoms with E-state index in [4.69, 9.17) is 0 Å². The Morgan fingerprint density at radius 3 is 2.67 bits per heavy atom. The Bertz CT molecular complexity index is 576. The van der Waals surface area contributed by atoms with E-state index in [9.17, 15) is 13.2 Å². The topological polar surface area (TPSA) is 42.9 Å². The standard InChI is InChI=1S/C19H30F3N5/c1-3-27(17-8-5-4-6-9-17)12-7-11-24-18(23-2)25-16-10-13-26(14-16)15-19(20,21)22/h4-6,8-9,16H,3,7,10-15H2,1-2H3,(H2,23,24,25). The summed E-state index contributed by atoms with van der Waals surface area (Å²) in [5.74, 6) is 0.650. The molecule has 1 aromatic rings. The van der Waals surface area contributed by atoms with Crippen LogP contribution in [-0.2, 0) is 0 Å². The summed E-state index contributed by atoms with van der Waals surface area (Å²) in [6.07, 6.45) is -2.51. The van der Waals surface area contributed by atoms with Gasteiger partial charge in [0.25, 0.3) is 0 Å². The molecular weight excluding hydrogens is 355 g/mol. The number of likely N-dealkylation sites (tertiary alicyclic amines) is 1. The first-order valence-electron chi connectivity index (χ1n) is 9.47. The predicted octanol–water partition coefficient (Wildman–Crippen LogP) is 2.70. The maximum atomic E-state index is 12.5. The zero-order valence-electron chi connectivity index (χ0n) is 16.1. The SMILES string of the molecule is CCN(CCCNC(=NC)NC1CCN(CC(F)(F)F)C1)c1ccccc1. The van der Waals surface area contributed by atoms with Crippen LogP contribution in [0, 0.1) is 0 Å². The Labute approximate surface area is 159 Å². The number of anilines is 1. The normalized spacial score (nSPS) is 18.6. The van der Waals surface area contributed by atoms with Gasteiger partial charge in [-0.2, -0.15) is 13.2 Å². The summed E-state index contributed by atoms with van der Waals surface area (Å²) >= 11 is 0. The fourth-order valence-electron chi connectivity index (χ4n) is 3.32. The van der Waals surface area contributed by atoms with E-state index < -0.39 is 12.7 Å². The molecular formula is C19H30F3N5. The summed E-state index contributed by atoms with van der Waals surface area (Å²) < 4.78 is 37.5. The lowest BCUT2D eigenvalue weighted by atomic mass is 10.2. The minimum Gasteiger partial charge on any atom is -0.372 e. The highest BCUT2D eigenvalue weighted by Crippen LogP contribution is 2.19. The number of guanidine groups is 1. The summed E-state index contributed by atoms with van der Waals surface area (Å²) in [5, 5.41) is 6.49. The first-order chi connectivity index (χ1) is 12.9. The molecule has 0 bridgehead atoms. The third-order valence-corrected chi connectivity index (χ3v) is 4.64. The predicted molar refractivity (Wildman–Crippen MR) is 104 cm³/mol. The van der Waals surface area contributed by atoms with Gasteiger partial charge >= 0.3 is 6.18 Å². The first-order valence-corrected chi connectivity index (χ1v) is 9.47. The van der Waals surface area contributed by atoms with Crippen molar-refractivity contribution in [1.82, 2.24) is 15.5 Å². The average Bonchev–Trinajstić information content (AvgIpc) is 3.06. The monoisotopic (exact) mass is 385 g/mol. The summed E-state index contributed by atoms with van der Waals surface area (Å²) in [4.78, 5) is 7.93. The van der Waals surface area contributed by atoms with Crippen LogP contribution in [0.4, 0.5) is 18.9 Å². The lowest BCUT2D eigenvalue weighted by molar-refractivity contribution is -0.143. The second-order valence-corrected chi connectivity index (χ2v) is 6.75. The van der Waals surface area contributed by atoms with Gasteiger partial charge in [0.05, 0.1) is 6.54 Å². The molecule has 0 aromatic heterocycles. The van der Waals surface area contributed by atoms with Gasteiger partial charge in [-0.3, -0.25) is 9.89 Å². The number of para-hydroxylation sites is 1. The molecule has 1 fully saturated rings. The Hall–Kier alpha value is -1.96. The maximum Gasteiger partial charge on any atom is 0.401 e. The summed E-state index contributed by atoms with van der Waals surface area (Å²) in [5.41, 5.74) is 1.21. The van der Waals surface area contributed by atoms with E-state index in [0.717, 1.165) is 26.1 Å². The molecule has 1 atom stereocenters. The Morgan fingerprint density at radius 1 is 1.30 bits per heavy atom. The van der Waals surface area contributed by atoms with Crippen molar-refractivity contribution in [3.8, 4) is 0 Å². The van der Waals surface area contributed by atoms with Crippen LogP contribution >= 0.6 is 0 Å². The molecule has 0 radical (unpaired) electrons. The van der Waals surface area contributed by atoms with Crippen LogP contribution < -0.4 is 15.5 Å². The summed E-state index contributed by atoms with van der Waals surface area (Å²) in [6, 6.07) is 10.3. The van der Waals surface area contributed by atoms with E-state index in [1.54, 1.807) is 7.05 Å². The van der Waals surface area contributed by atoms with Crippen LogP contribution in [0.1, 0.15) is 19.8 Å². The summed E-state index contributed by atoms with van der Waals surface area (Å²) in [7, 11) is 1.68. The van der Waals surface area contributed by atoms with Crippen molar-refractivity contribution in [1.29, 1.82) is 0 Å². The van der Waals surface area contributed by atoms with Crippen LogP contribution in [0.3, 0.4) is 0 Å². The Morgan fingerprint density at radius 2 is 2.04 bits per heavy atom. The molecule has 1 aliphatic rings. The van der Waals surface area contributed by atoms with E-state index in [-0.39, 0.29) is 6.04 Å². The van der Waals surface area contributed by atoms with Gasteiger partial charge < -0.3 is 15.5 Å². The molecule has 2 N–H and O–H groups in total. The highest BCUT2D eigenvalue weighted by molar-refractivity contribution is 5.80. The van der Waals surface area contributed by atoms with E-state index in [1.807, 2.05) is 18.2 Å². The molecule has 1 heterocycles. The van der Waals surface area contributed by atoms with E-state index in [0.29, 0.717) is 25.5 Å². The molecule has 0 amide bonds. The van der Waals surface area contributed by atoms with Crippen molar-refractivity contribution in [2.24, 2.45) is 4.99 Å². The van der Waals surface area contributed by atoms with Gasteiger partial charge in [0.15, 0.2) is 5.96 Å². The van der Waals surface area contributed by atoms with Crippen molar-refractivity contribution in [2.45, 2.75) is 32.0 Å². The lowest BCUT2D eigenvalue weighted by Crippen LogP contribution is -2.45. The molecule has 2 rings (SSSR count).